The number of alkyl halides is 4. The Morgan fingerprint density at radius 3 is 2.85 bits per heavy atom. The van der Waals surface area contributed by atoms with Crippen LogP contribution in [0, 0.1) is 0 Å². The number of nitrogens with zero attached hydrogens (tertiary/aromatic N) is 2. The predicted octanol–water partition coefficient (Wildman–Crippen LogP) is 3.09. The van der Waals surface area contributed by atoms with Gasteiger partial charge in [0.15, 0.2) is 0 Å². The molecule has 1 aromatic carbocycles. The minimum atomic E-state index is -4.49. The van der Waals surface area contributed by atoms with Gasteiger partial charge < -0.3 is 25.6 Å². The summed E-state index contributed by atoms with van der Waals surface area (Å²) >= 11 is 1.06. The van der Waals surface area contributed by atoms with E-state index in [4.69, 9.17) is 4.52 Å². The van der Waals surface area contributed by atoms with Gasteiger partial charge in [-0.15, -0.1) is 11.3 Å². The Balaban J connectivity index is 1.56. The second kappa shape index (κ2) is 8.78. The van der Waals surface area contributed by atoms with E-state index in [0.29, 0.717) is 28.7 Å². The van der Waals surface area contributed by atoms with Crippen molar-refractivity contribution in [3.05, 3.63) is 29.7 Å². The van der Waals surface area contributed by atoms with Crippen LogP contribution in [0.5, 0.6) is 0 Å². The third kappa shape index (κ3) is 4.46. The molecular formula is C21H21F4N5O3S. The molecule has 4 atom stereocenters. The number of thiophene rings is 1. The first-order valence-corrected chi connectivity index (χ1v) is 11.5. The predicted molar refractivity (Wildman–Crippen MR) is 116 cm³/mol. The molecule has 5 rings (SSSR count). The summed E-state index contributed by atoms with van der Waals surface area (Å²) in [5.41, 5.74) is 0.524. The molecule has 0 spiro atoms. The third-order valence-electron chi connectivity index (χ3n) is 5.95. The van der Waals surface area contributed by atoms with Crippen LogP contribution in [-0.2, 0) is 11.2 Å². The Labute approximate surface area is 194 Å². The zero-order chi connectivity index (χ0) is 24.0. The molecule has 1 amide bonds. The Hall–Kier alpha value is -2.77. The summed E-state index contributed by atoms with van der Waals surface area (Å²) in [7, 11) is 0. The number of amides is 1. The summed E-state index contributed by atoms with van der Waals surface area (Å²) in [4.78, 5) is 15.9. The number of piperidine rings is 1. The second-order valence-corrected chi connectivity index (χ2v) is 9.44. The Kier molecular flexibility index (Phi) is 5.94. The number of carbonyl (C=O) groups excluding carboxylic acids is 1. The van der Waals surface area contributed by atoms with E-state index in [1.165, 1.54) is 0 Å². The minimum absolute atomic E-state index is 0.0124. The SMILES string of the molecule is O=C1CC(O)C(c2nc(-c3sc4c(N[C@@H]5CCNC[C@@H]5F)cccc4c3CC(F)(F)F)no2)N1. The number of aliphatic hydroxyl groups excluding tert-OH is 1. The van der Waals surface area contributed by atoms with Crippen molar-refractivity contribution in [1.29, 1.82) is 0 Å². The van der Waals surface area contributed by atoms with Crippen molar-refractivity contribution in [2.75, 3.05) is 18.4 Å². The highest BCUT2D eigenvalue weighted by Gasteiger charge is 2.37. The molecule has 34 heavy (non-hydrogen) atoms. The van der Waals surface area contributed by atoms with Gasteiger partial charge in [0.1, 0.15) is 12.2 Å². The normalized spacial score (nSPS) is 25.6. The average Bonchev–Trinajstić information content (AvgIpc) is 3.46. The first-order chi connectivity index (χ1) is 16.2. The van der Waals surface area contributed by atoms with Gasteiger partial charge >= 0.3 is 6.18 Å². The molecule has 13 heteroatoms. The summed E-state index contributed by atoms with van der Waals surface area (Å²) in [6, 6.07) is 3.53. The van der Waals surface area contributed by atoms with Crippen molar-refractivity contribution in [2.24, 2.45) is 0 Å². The van der Waals surface area contributed by atoms with E-state index in [2.05, 4.69) is 26.1 Å². The standard InChI is InChI=1S/C21H21F4N5O3S/c22-11-8-26-5-4-12(11)27-13-3-1-2-9-10(7-21(23,24)25)18(34-17(9)13)19-29-20(33-30-19)16-14(31)6-15(32)28-16/h1-3,11-12,14,16,26-27,31H,4-8H2,(H,28,32)/t11-,12+,14?,16?/m0/s1. The van der Waals surface area contributed by atoms with Gasteiger partial charge in [-0.2, -0.15) is 18.2 Å². The fourth-order valence-corrected chi connectivity index (χ4v) is 5.56. The highest BCUT2D eigenvalue weighted by Crippen LogP contribution is 2.44. The molecule has 0 bridgehead atoms. The largest absolute Gasteiger partial charge is 0.393 e. The Morgan fingerprint density at radius 2 is 2.15 bits per heavy atom. The Bertz CT molecular complexity index is 1210. The van der Waals surface area contributed by atoms with Gasteiger partial charge in [-0.05, 0) is 30.0 Å². The number of aliphatic hydroxyl groups is 1. The van der Waals surface area contributed by atoms with Crippen LogP contribution in [0.1, 0.15) is 30.3 Å². The summed E-state index contributed by atoms with van der Waals surface area (Å²) in [5, 5.41) is 22.9. The molecule has 2 unspecified atom stereocenters. The minimum Gasteiger partial charge on any atom is -0.390 e. The number of fused-ring (bicyclic) bond motifs is 1. The molecule has 0 saturated carbocycles. The molecule has 4 N–H and O–H groups in total. The maximum Gasteiger partial charge on any atom is 0.393 e. The van der Waals surface area contributed by atoms with Crippen molar-refractivity contribution >= 4 is 33.0 Å². The van der Waals surface area contributed by atoms with E-state index in [-0.39, 0.29) is 35.1 Å². The van der Waals surface area contributed by atoms with Gasteiger partial charge in [0, 0.05) is 6.54 Å². The summed E-state index contributed by atoms with van der Waals surface area (Å²) in [6.45, 7) is 0.843. The number of rotatable bonds is 5. The van der Waals surface area contributed by atoms with Crippen molar-refractivity contribution in [1.82, 2.24) is 20.8 Å². The number of halogens is 4. The van der Waals surface area contributed by atoms with Gasteiger partial charge in [-0.1, -0.05) is 17.3 Å². The molecule has 2 aliphatic heterocycles. The average molecular weight is 499 g/mol. The van der Waals surface area contributed by atoms with Crippen molar-refractivity contribution in [3.8, 4) is 10.7 Å². The van der Waals surface area contributed by atoms with E-state index in [1.807, 2.05) is 0 Å². The maximum atomic E-state index is 14.4. The number of hydrogen-bond donors (Lipinski definition) is 4. The van der Waals surface area contributed by atoms with Gasteiger partial charge in [0.2, 0.25) is 11.7 Å². The van der Waals surface area contributed by atoms with Crippen molar-refractivity contribution in [2.45, 2.75) is 49.8 Å². The van der Waals surface area contributed by atoms with Crippen LogP contribution in [0.4, 0.5) is 23.2 Å². The monoisotopic (exact) mass is 499 g/mol. The molecule has 2 fully saturated rings. The van der Waals surface area contributed by atoms with Gasteiger partial charge in [-0.3, -0.25) is 4.79 Å². The van der Waals surface area contributed by atoms with E-state index in [9.17, 15) is 27.5 Å². The highest BCUT2D eigenvalue weighted by atomic mass is 32.1. The number of nitrogens with one attached hydrogen (secondary N) is 3. The molecule has 2 aliphatic rings. The zero-order valence-corrected chi connectivity index (χ0v) is 18.5. The molecule has 4 heterocycles. The zero-order valence-electron chi connectivity index (χ0n) is 17.7. The molecular weight excluding hydrogens is 478 g/mol. The van der Waals surface area contributed by atoms with Crippen LogP contribution < -0.4 is 16.0 Å². The molecule has 182 valence electrons. The van der Waals surface area contributed by atoms with Crippen LogP contribution in [0.2, 0.25) is 0 Å². The topological polar surface area (TPSA) is 112 Å². The van der Waals surface area contributed by atoms with Crippen LogP contribution in [-0.4, -0.2) is 58.7 Å². The number of hydrogen-bond acceptors (Lipinski definition) is 8. The third-order valence-corrected chi connectivity index (χ3v) is 7.23. The molecule has 0 aliphatic carbocycles. The lowest BCUT2D eigenvalue weighted by atomic mass is 10.0. The second-order valence-electron chi connectivity index (χ2n) is 8.42. The number of carbonyl (C=O) groups is 1. The number of anilines is 1. The van der Waals surface area contributed by atoms with Crippen molar-refractivity contribution in [3.63, 3.8) is 0 Å². The van der Waals surface area contributed by atoms with Gasteiger partial charge in [-0.25, -0.2) is 4.39 Å². The molecule has 8 nitrogen and oxygen atoms in total. The van der Waals surface area contributed by atoms with E-state index >= 15 is 0 Å². The van der Waals surface area contributed by atoms with Gasteiger partial charge in [0.25, 0.3) is 5.89 Å². The van der Waals surface area contributed by atoms with Crippen LogP contribution >= 0.6 is 11.3 Å². The Morgan fingerprint density at radius 1 is 1.32 bits per heavy atom. The van der Waals surface area contributed by atoms with Gasteiger partial charge in [0.05, 0.1) is 40.3 Å². The van der Waals surface area contributed by atoms with E-state index in [1.54, 1.807) is 18.2 Å². The summed E-state index contributed by atoms with van der Waals surface area (Å²) in [6.07, 6.45) is -7.51. The molecule has 0 radical (unpaired) electrons. The highest BCUT2D eigenvalue weighted by molar-refractivity contribution is 7.23. The molecule has 2 saturated heterocycles. The molecule has 2 aromatic heterocycles. The van der Waals surface area contributed by atoms with E-state index < -0.39 is 42.9 Å². The summed E-state index contributed by atoms with van der Waals surface area (Å²) < 4.78 is 60.6. The fraction of sp³-hybridized carbons (Fsp3) is 0.476. The fourth-order valence-electron chi connectivity index (χ4n) is 4.34. The smallest absolute Gasteiger partial charge is 0.390 e. The lowest BCUT2D eigenvalue weighted by Crippen LogP contribution is -2.45. The van der Waals surface area contributed by atoms with E-state index in [0.717, 1.165) is 11.3 Å². The van der Waals surface area contributed by atoms with Crippen LogP contribution in [0.25, 0.3) is 20.8 Å². The number of benzene rings is 1. The summed E-state index contributed by atoms with van der Waals surface area (Å²) in [5.74, 6) is -0.547. The van der Waals surface area contributed by atoms with Crippen LogP contribution in [0.15, 0.2) is 22.7 Å². The van der Waals surface area contributed by atoms with Crippen molar-refractivity contribution < 1.29 is 32.0 Å². The van der Waals surface area contributed by atoms with Crippen LogP contribution in [0.3, 0.4) is 0 Å². The maximum absolute atomic E-state index is 14.4. The first-order valence-electron chi connectivity index (χ1n) is 10.7. The first kappa shape index (κ1) is 23.0. The quantitative estimate of drug-likeness (QED) is 0.399. The lowest BCUT2D eigenvalue weighted by molar-refractivity contribution is -0.127. The number of aromatic nitrogens is 2. The molecule has 3 aromatic rings. The lowest BCUT2D eigenvalue weighted by Gasteiger charge is -2.28.